The van der Waals surface area contributed by atoms with Crippen LogP contribution in [0.3, 0.4) is 0 Å². The highest BCUT2D eigenvalue weighted by molar-refractivity contribution is 5.98. The van der Waals surface area contributed by atoms with Gasteiger partial charge in [0.05, 0.1) is 19.5 Å². The van der Waals surface area contributed by atoms with Crippen LogP contribution in [0.5, 0.6) is 5.75 Å². The molecule has 1 saturated heterocycles. The number of aromatic amines is 2. The molecule has 3 heterocycles. The van der Waals surface area contributed by atoms with Crippen molar-refractivity contribution in [2.24, 2.45) is 5.73 Å². The standard InChI is InChI=1S/C51H56N10O9/c1-31(46(52)63)56-48(65)42(23-35-25-54-39-15-9-8-14-38(35)39)59-51(68)44(29-69-27-33-10-4-2-5-11-33)61-49(66)41(22-32-16-18-37(19-17-32)70-28-34-12-6-3-7-13-34)58-50(67)43(24-36-26-53-30-55-36)60-47(64)40-20-21-45(62)57-40/h2-19,25-26,30-31,40-44,54H,20-24,27-29H2,1H3,(H2,52,63)(H,53,55)(H,56,65)(H,57,62)(H,58,67)(H,59,68)(H,60,64)(H,61,66)/t31-,40+,41+,42+,43+,44+/m1/s1. The molecule has 7 rings (SSSR count). The molecule has 0 bridgehead atoms. The van der Waals surface area contributed by atoms with Gasteiger partial charge in [0.2, 0.25) is 41.4 Å². The lowest BCUT2D eigenvalue weighted by molar-refractivity contribution is -0.136. The van der Waals surface area contributed by atoms with Gasteiger partial charge in [-0.1, -0.05) is 91.0 Å². The highest BCUT2D eigenvalue weighted by Crippen LogP contribution is 2.20. The smallest absolute Gasteiger partial charge is 0.245 e. The highest BCUT2D eigenvalue weighted by atomic mass is 16.5. The van der Waals surface area contributed by atoms with E-state index in [0.717, 1.165) is 22.0 Å². The molecule has 19 nitrogen and oxygen atoms in total. The second kappa shape index (κ2) is 24.1. The summed E-state index contributed by atoms with van der Waals surface area (Å²) < 4.78 is 12.0. The van der Waals surface area contributed by atoms with Crippen molar-refractivity contribution < 1.29 is 43.0 Å². The minimum atomic E-state index is -1.44. The average molecular weight is 953 g/mol. The first kappa shape index (κ1) is 49.6. The number of carbonyl (C=O) groups is 7. The number of H-pyrrole nitrogens is 2. The molecule has 6 atom stereocenters. The summed E-state index contributed by atoms with van der Waals surface area (Å²) in [6, 6.07) is 25.9. The number of ether oxygens (including phenoxy) is 2. The molecule has 6 aromatic rings. The van der Waals surface area contributed by atoms with E-state index in [4.69, 9.17) is 15.2 Å². The van der Waals surface area contributed by atoms with Gasteiger partial charge in [0, 0.05) is 54.7 Å². The molecule has 0 saturated carbocycles. The van der Waals surface area contributed by atoms with Crippen molar-refractivity contribution in [1.29, 1.82) is 0 Å². The zero-order chi connectivity index (χ0) is 49.4. The molecule has 2 aromatic heterocycles. The lowest BCUT2D eigenvalue weighted by Crippen LogP contribution is -2.61. The number of para-hydroxylation sites is 1. The van der Waals surface area contributed by atoms with Crippen LogP contribution in [-0.4, -0.2) is 99.2 Å². The number of aromatic nitrogens is 3. The van der Waals surface area contributed by atoms with Crippen LogP contribution in [-0.2, 0) is 70.8 Å². The molecule has 1 aliphatic rings. The molecule has 364 valence electrons. The lowest BCUT2D eigenvalue weighted by Gasteiger charge is -2.27. The third-order valence-electron chi connectivity index (χ3n) is 11.7. The zero-order valence-corrected chi connectivity index (χ0v) is 38.4. The number of imidazole rings is 1. The average Bonchev–Trinajstić information content (AvgIpc) is 4.15. The molecule has 19 heteroatoms. The number of hydrogen-bond donors (Lipinski definition) is 9. The van der Waals surface area contributed by atoms with Gasteiger partial charge >= 0.3 is 0 Å². The normalized spacial score (nSPS) is 15.3. The van der Waals surface area contributed by atoms with Gasteiger partial charge in [-0.15, -0.1) is 0 Å². The Labute approximate surface area is 403 Å². The first-order valence-electron chi connectivity index (χ1n) is 22.9. The van der Waals surface area contributed by atoms with E-state index in [1.165, 1.54) is 19.4 Å². The Balaban J connectivity index is 1.15. The van der Waals surface area contributed by atoms with Gasteiger partial charge < -0.3 is 57.1 Å². The third-order valence-corrected chi connectivity index (χ3v) is 11.7. The fourth-order valence-electron chi connectivity index (χ4n) is 7.80. The fraction of sp³-hybridized carbons (Fsp3) is 0.294. The molecule has 7 amide bonds. The van der Waals surface area contributed by atoms with E-state index in [0.29, 0.717) is 29.2 Å². The fourth-order valence-corrected chi connectivity index (χ4v) is 7.80. The Morgan fingerprint density at radius 1 is 0.671 bits per heavy atom. The van der Waals surface area contributed by atoms with E-state index in [9.17, 15) is 33.6 Å². The second-order valence-electron chi connectivity index (χ2n) is 17.0. The van der Waals surface area contributed by atoms with Crippen molar-refractivity contribution in [2.75, 3.05) is 6.61 Å². The largest absolute Gasteiger partial charge is 0.489 e. The molecule has 1 aliphatic heterocycles. The quantitative estimate of drug-likeness (QED) is 0.0425. The number of nitrogens with two attached hydrogens (primary N) is 1. The molecule has 70 heavy (non-hydrogen) atoms. The summed E-state index contributed by atoms with van der Waals surface area (Å²) in [6.07, 6.45) is 4.87. The first-order valence-corrected chi connectivity index (χ1v) is 22.9. The maximum atomic E-state index is 14.7. The topological polar surface area (TPSA) is 281 Å². The van der Waals surface area contributed by atoms with E-state index in [1.807, 2.05) is 84.9 Å². The third kappa shape index (κ3) is 14.1. The van der Waals surface area contributed by atoms with Gasteiger partial charge in [0.1, 0.15) is 48.6 Å². The monoisotopic (exact) mass is 952 g/mol. The number of rotatable bonds is 24. The number of benzene rings is 4. The Morgan fingerprint density at radius 3 is 1.91 bits per heavy atom. The lowest BCUT2D eigenvalue weighted by atomic mass is 10.0. The summed E-state index contributed by atoms with van der Waals surface area (Å²) in [7, 11) is 0. The molecular formula is C51H56N10O9. The molecule has 4 aromatic carbocycles. The number of nitrogens with zero attached hydrogens (tertiary/aromatic N) is 1. The van der Waals surface area contributed by atoms with Crippen LogP contribution in [0.4, 0.5) is 0 Å². The van der Waals surface area contributed by atoms with E-state index in [2.05, 4.69) is 46.9 Å². The van der Waals surface area contributed by atoms with Crippen molar-refractivity contribution in [1.82, 2.24) is 46.9 Å². The van der Waals surface area contributed by atoms with Gasteiger partial charge in [0.25, 0.3) is 0 Å². The summed E-state index contributed by atoms with van der Waals surface area (Å²) in [6.45, 7) is 1.43. The van der Waals surface area contributed by atoms with Crippen molar-refractivity contribution >= 4 is 52.3 Å². The Bertz CT molecular complexity index is 2730. The summed E-state index contributed by atoms with van der Waals surface area (Å²) in [4.78, 5) is 105. The Morgan fingerprint density at radius 2 is 1.27 bits per heavy atom. The maximum Gasteiger partial charge on any atom is 0.245 e. The van der Waals surface area contributed by atoms with Crippen LogP contribution in [0.15, 0.2) is 128 Å². The van der Waals surface area contributed by atoms with Gasteiger partial charge in [0.15, 0.2) is 0 Å². The van der Waals surface area contributed by atoms with Gasteiger partial charge in [-0.2, -0.15) is 0 Å². The number of amides is 7. The van der Waals surface area contributed by atoms with Crippen LogP contribution >= 0.6 is 0 Å². The molecular weight excluding hydrogens is 897 g/mol. The molecule has 10 N–H and O–H groups in total. The van der Waals surface area contributed by atoms with Gasteiger partial charge in [-0.25, -0.2) is 4.98 Å². The number of primary amides is 1. The molecule has 0 aliphatic carbocycles. The summed E-state index contributed by atoms with van der Waals surface area (Å²) in [5, 5.41) is 17.1. The number of carbonyl (C=O) groups excluding carboxylic acids is 7. The van der Waals surface area contributed by atoms with Gasteiger partial charge in [-0.3, -0.25) is 33.6 Å². The van der Waals surface area contributed by atoms with Crippen LogP contribution in [0, 0.1) is 0 Å². The van der Waals surface area contributed by atoms with Crippen LogP contribution in [0.1, 0.15) is 47.7 Å². The van der Waals surface area contributed by atoms with Crippen LogP contribution < -0.4 is 42.4 Å². The minimum Gasteiger partial charge on any atom is -0.489 e. The SMILES string of the molecule is C[C@@H](NC(=O)[C@H](Cc1c[nH]c2ccccc12)NC(=O)[C@H](COCc1ccccc1)NC(=O)[C@H](Cc1ccc(OCc2ccccc2)cc1)NC(=O)[C@H](Cc1cnc[nH]1)NC(=O)[C@@H]1CCC(=O)N1)C(N)=O. The Kier molecular flexibility index (Phi) is 17.1. The van der Waals surface area contributed by atoms with Crippen molar-refractivity contribution in [3.8, 4) is 5.75 Å². The maximum absolute atomic E-state index is 14.7. The molecule has 0 spiro atoms. The van der Waals surface area contributed by atoms with Crippen LogP contribution in [0.25, 0.3) is 10.9 Å². The number of hydrogen-bond acceptors (Lipinski definition) is 10. The van der Waals surface area contributed by atoms with E-state index in [1.54, 1.807) is 30.5 Å². The highest BCUT2D eigenvalue weighted by Gasteiger charge is 2.35. The second-order valence-corrected chi connectivity index (χ2v) is 17.0. The molecule has 0 unspecified atom stereocenters. The minimum absolute atomic E-state index is 0.0175. The van der Waals surface area contributed by atoms with E-state index in [-0.39, 0.29) is 51.2 Å². The predicted octanol–water partition coefficient (Wildman–Crippen LogP) is 1.92. The summed E-state index contributed by atoms with van der Waals surface area (Å²) in [5.74, 6) is -4.15. The molecule has 1 fully saturated rings. The molecule has 0 radical (unpaired) electrons. The van der Waals surface area contributed by atoms with Crippen molar-refractivity contribution in [3.05, 3.63) is 156 Å². The van der Waals surface area contributed by atoms with E-state index < -0.39 is 71.7 Å². The first-order chi connectivity index (χ1) is 33.9. The zero-order valence-electron chi connectivity index (χ0n) is 38.4. The Hall–Kier alpha value is -8.32. The summed E-state index contributed by atoms with van der Waals surface area (Å²) in [5.41, 5.74) is 9.84. The van der Waals surface area contributed by atoms with Crippen LogP contribution in [0.2, 0.25) is 0 Å². The van der Waals surface area contributed by atoms with Gasteiger partial charge in [-0.05, 0) is 53.8 Å². The predicted molar refractivity (Wildman–Crippen MR) is 257 cm³/mol. The van der Waals surface area contributed by atoms with Crippen molar-refractivity contribution in [2.45, 2.75) is 88.5 Å². The van der Waals surface area contributed by atoms with E-state index >= 15 is 0 Å². The number of fused-ring (bicyclic) bond motifs is 1. The van der Waals surface area contributed by atoms with Crippen molar-refractivity contribution in [3.63, 3.8) is 0 Å². The number of nitrogens with one attached hydrogen (secondary N) is 8. The summed E-state index contributed by atoms with van der Waals surface area (Å²) >= 11 is 0.